The number of hydrogen-bond donors (Lipinski definition) is 1. The summed E-state index contributed by atoms with van der Waals surface area (Å²) in [5.41, 5.74) is 7.47. The standard InChI is InChI=1S/C18H28N2/c19-13-17(15-7-2-1-3-8-15)14-20-12-6-10-16-9-4-5-11-18(16)20/h1-3,7-8,16-18H,4-6,9-14,19H2/t16-,17?,18-/m1/s1. The summed E-state index contributed by atoms with van der Waals surface area (Å²) in [4.78, 5) is 2.76. The van der Waals surface area contributed by atoms with Gasteiger partial charge in [-0.1, -0.05) is 43.2 Å². The van der Waals surface area contributed by atoms with Crippen molar-refractivity contribution < 1.29 is 0 Å². The zero-order chi connectivity index (χ0) is 13.8. The van der Waals surface area contributed by atoms with Crippen LogP contribution in [0.5, 0.6) is 0 Å². The van der Waals surface area contributed by atoms with Gasteiger partial charge in [0.1, 0.15) is 0 Å². The Morgan fingerprint density at radius 1 is 1.05 bits per heavy atom. The smallest absolute Gasteiger partial charge is 0.0124 e. The molecule has 110 valence electrons. The minimum Gasteiger partial charge on any atom is -0.330 e. The Hall–Kier alpha value is -0.860. The first-order chi connectivity index (χ1) is 9.88. The lowest BCUT2D eigenvalue weighted by Crippen LogP contribution is -2.48. The predicted octanol–water partition coefficient (Wildman–Crippen LogP) is 3.38. The third-order valence-electron chi connectivity index (χ3n) is 5.37. The van der Waals surface area contributed by atoms with Crippen LogP contribution >= 0.6 is 0 Å². The second kappa shape index (κ2) is 6.73. The summed E-state index contributed by atoms with van der Waals surface area (Å²) in [5.74, 6) is 1.46. The third-order valence-corrected chi connectivity index (χ3v) is 5.37. The first kappa shape index (κ1) is 14.1. The van der Waals surface area contributed by atoms with Crippen molar-refractivity contribution in [2.24, 2.45) is 11.7 Å². The molecule has 2 N–H and O–H groups in total. The van der Waals surface area contributed by atoms with Gasteiger partial charge in [0.25, 0.3) is 0 Å². The Bertz CT molecular complexity index is 401. The summed E-state index contributed by atoms with van der Waals surface area (Å²) in [6.07, 6.45) is 8.59. The van der Waals surface area contributed by atoms with Crippen LogP contribution in [-0.4, -0.2) is 30.6 Å². The van der Waals surface area contributed by atoms with E-state index in [0.717, 1.165) is 25.0 Å². The highest BCUT2D eigenvalue weighted by Gasteiger charge is 2.33. The van der Waals surface area contributed by atoms with E-state index in [2.05, 4.69) is 35.2 Å². The molecule has 2 heteroatoms. The second-order valence-electron chi connectivity index (χ2n) is 6.59. The zero-order valence-electron chi connectivity index (χ0n) is 12.5. The molecule has 2 fully saturated rings. The molecule has 1 unspecified atom stereocenters. The van der Waals surface area contributed by atoms with Gasteiger partial charge in [0, 0.05) is 25.0 Å². The van der Waals surface area contributed by atoms with E-state index in [4.69, 9.17) is 5.73 Å². The highest BCUT2D eigenvalue weighted by atomic mass is 15.2. The molecule has 1 heterocycles. The highest BCUT2D eigenvalue weighted by molar-refractivity contribution is 5.20. The molecule has 1 aromatic carbocycles. The summed E-state index contributed by atoms with van der Waals surface area (Å²) in [6.45, 7) is 3.20. The maximum absolute atomic E-state index is 6.06. The van der Waals surface area contributed by atoms with Crippen LogP contribution in [0.4, 0.5) is 0 Å². The summed E-state index contributed by atoms with van der Waals surface area (Å²) in [5, 5.41) is 0. The van der Waals surface area contributed by atoms with Gasteiger partial charge in [-0.2, -0.15) is 0 Å². The second-order valence-corrected chi connectivity index (χ2v) is 6.59. The molecular weight excluding hydrogens is 244 g/mol. The number of piperidine rings is 1. The number of hydrogen-bond acceptors (Lipinski definition) is 2. The van der Waals surface area contributed by atoms with Gasteiger partial charge in [0.2, 0.25) is 0 Å². The van der Waals surface area contributed by atoms with E-state index in [1.807, 2.05) is 0 Å². The van der Waals surface area contributed by atoms with Crippen molar-refractivity contribution in [3.63, 3.8) is 0 Å². The van der Waals surface area contributed by atoms with Gasteiger partial charge in [-0.05, 0) is 43.7 Å². The Labute approximate surface area is 123 Å². The molecule has 3 atom stereocenters. The number of fused-ring (bicyclic) bond motifs is 1. The molecule has 1 aliphatic carbocycles. The van der Waals surface area contributed by atoms with Crippen molar-refractivity contribution in [3.05, 3.63) is 35.9 Å². The van der Waals surface area contributed by atoms with Crippen LogP contribution in [0.2, 0.25) is 0 Å². The maximum Gasteiger partial charge on any atom is 0.0124 e. The first-order valence-electron chi connectivity index (χ1n) is 8.37. The lowest BCUT2D eigenvalue weighted by molar-refractivity contribution is 0.0563. The fourth-order valence-electron chi connectivity index (χ4n) is 4.28. The van der Waals surface area contributed by atoms with E-state index in [1.54, 1.807) is 0 Å². The molecule has 0 amide bonds. The van der Waals surface area contributed by atoms with Gasteiger partial charge in [0.05, 0.1) is 0 Å². The van der Waals surface area contributed by atoms with Crippen molar-refractivity contribution >= 4 is 0 Å². The van der Waals surface area contributed by atoms with Gasteiger partial charge >= 0.3 is 0 Å². The average molecular weight is 272 g/mol. The molecule has 1 saturated carbocycles. The molecule has 0 bridgehead atoms. The number of benzene rings is 1. The van der Waals surface area contributed by atoms with Crippen molar-refractivity contribution in [2.75, 3.05) is 19.6 Å². The van der Waals surface area contributed by atoms with Crippen molar-refractivity contribution in [3.8, 4) is 0 Å². The number of rotatable bonds is 4. The number of nitrogens with zero attached hydrogens (tertiary/aromatic N) is 1. The summed E-state index contributed by atoms with van der Waals surface area (Å²) in [7, 11) is 0. The van der Waals surface area contributed by atoms with E-state index >= 15 is 0 Å². The highest BCUT2D eigenvalue weighted by Crippen LogP contribution is 2.36. The SMILES string of the molecule is NCC(CN1CCC[C@H]2CCCC[C@H]21)c1ccccc1. The maximum atomic E-state index is 6.06. The molecule has 1 aliphatic heterocycles. The van der Waals surface area contributed by atoms with Crippen LogP contribution in [0, 0.1) is 5.92 Å². The Morgan fingerprint density at radius 3 is 2.60 bits per heavy atom. The molecule has 0 aromatic heterocycles. The van der Waals surface area contributed by atoms with Gasteiger partial charge in [-0.3, -0.25) is 4.90 Å². The van der Waals surface area contributed by atoms with E-state index in [1.165, 1.54) is 50.6 Å². The quantitative estimate of drug-likeness (QED) is 0.910. The van der Waals surface area contributed by atoms with Crippen molar-refractivity contribution in [2.45, 2.75) is 50.5 Å². The first-order valence-corrected chi connectivity index (χ1v) is 8.37. The molecule has 1 aromatic rings. The Balaban J connectivity index is 1.68. The Morgan fingerprint density at radius 2 is 1.80 bits per heavy atom. The molecule has 1 saturated heterocycles. The number of nitrogens with two attached hydrogens (primary N) is 1. The monoisotopic (exact) mass is 272 g/mol. The molecule has 0 radical (unpaired) electrons. The minimum atomic E-state index is 0.497. The summed E-state index contributed by atoms with van der Waals surface area (Å²) < 4.78 is 0. The molecule has 2 nitrogen and oxygen atoms in total. The van der Waals surface area contributed by atoms with Crippen LogP contribution in [0.15, 0.2) is 30.3 Å². The van der Waals surface area contributed by atoms with E-state index < -0.39 is 0 Å². The normalized spacial score (nSPS) is 28.9. The predicted molar refractivity (Wildman–Crippen MR) is 84.8 cm³/mol. The lowest BCUT2D eigenvalue weighted by Gasteiger charge is -2.45. The van der Waals surface area contributed by atoms with Crippen LogP contribution in [0.25, 0.3) is 0 Å². The van der Waals surface area contributed by atoms with E-state index in [9.17, 15) is 0 Å². The van der Waals surface area contributed by atoms with Gasteiger partial charge in [0.15, 0.2) is 0 Å². The Kier molecular flexibility index (Phi) is 4.74. The topological polar surface area (TPSA) is 29.3 Å². The molecule has 3 rings (SSSR count). The van der Waals surface area contributed by atoms with E-state index in [0.29, 0.717) is 5.92 Å². The van der Waals surface area contributed by atoms with Crippen LogP contribution in [0.3, 0.4) is 0 Å². The molecule has 0 spiro atoms. The molecular formula is C18H28N2. The fourth-order valence-corrected chi connectivity index (χ4v) is 4.28. The number of likely N-dealkylation sites (tertiary alicyclic amines) is 1. The zero-order valence-corrected chi connectivity index (χ0v) is 12.5. The van der Waals surface area contributed by atoms with Crippen LogP contribution in [-0.2, 0) is 0 Å². The van der Waals surface area contributed by atoms with Crippen LogP contribution in [0.1, 0.15) is 50.0 Å². The van der Waals surface area contributed by atoms with Gasteiger partial charge in [-0.25, -0.2) is 0 Å². The van der Waals surface area contributed by atoms with Gasteiger partial charge in [-0.15, -0.1) is 0 Å². The largest absolute Gasteiger partial charge is 0.330 e. The fraction of sp³-hybridized carbons (Fsp3) is 0.667. The van der Waals surface area contributed by atoms with Gasteiger partial charge < -0.3 is 5.73 Å². The summed E-state index contributed by atoms with van der Waals surface area (Å²) in [6, 6.07) is 11.7. The average Bonchev–Trinajstić information content (AvgIpc) is 2.53. The van der Waals surface area contributed by atoms with E-state index in [-0.39, 0.29) is 0 Å². The lowest BCUT2D eigenvalue weighted by atomic mass is 9.78. The van der Waals surface area contributed by atoms with Crippen molar-refractivity contribution in [1.82, 2.24) is 4.90 Å². The molecule has 20 heavy (non-hydrogen) atoms. The minimum absolute atomic E-state index is 0.497. The summed E-state index contributed by atoms with van der Waals surface area (Å²) >= 11 is 0. The van der Waals surface area contributed by atoms with Crippen molar-refractivity contribution in [1.29, 1.82) is 0 Å². The third kappa shape index (κ3) is 3.07. The van der Waals surface area contributed by atoms with Crippen LogP contribution < -0.4 is 5.73 Å². The molecule has 2 aliphatic rings.